The molecule has 0 radical (unpaired) electrons. The fraction of sp³-hybridized carbons (Fsp3) is 0.703. The Kier molecular flexibility index (Phi) is 48.6. The number of hydrogen-bond acceptors (Lipinski definition) is 8. The molecule has 6 N–H and O–H groups in total. The van der Waals surface area contributed by atoms with Crippen molar-refractivity contribution in [2.45, 2.75) is 275 Å². The second-order valence-electron chi connectivity index (χ2n) is 20.0. The number of ether oxygens (including phenoxy) is 2. The van der Waals surface area contributed by atoms with Crippen LogP contribution in [0.25, 0.3) is 0 Å². The zero-order chi connectivity index (χ0) is 52.9. The Morgan fingerprint density at radius 2 is 0.863 bits per heavy atom. The number of rotatable bonds is 49. The minimum Gasteiger partial charge on any atom is -0.394 e. The summed E-state index contributed by atoms with van der Waals surface area (Å²) < 4.78 is 11.2. The molecule has 418 valence electrons. The van der Waals surface area contributed by atoms with Crippen molar-refractivity contribution in [3.05, 3.63) is 109 Å². The third-order valence-electron chi connectivity index (χ3n) is 13.3. The predicted molar refractivity (Wildman–Crippen MR) is 308 cm³/mol. The number of amides is 1. The van der Waals surface area contributed by atoms with Crippen molar-refractivity contribution in [1.29, 1.82) is 0 Å². The zero-order valence-corrected chi connectivity index (χ0v) is 46.4. The molecule has 1 rings (SSSR count). The van der Waals surface area contributed by atoms with E-state index in [1.165, 1.54) is 128 Å². The zero-order valence-electron chi connectivity index (χ0n) is 46.4. The van der Waals surface area contributed by atoms with Gasteiger partial charge in [0.15, 0.2) is 6.29 Å². The molecule has 1 aliphatic heterocycles. The van der Waals surface area contributed by atoms with Crippen LogP contribution in [0.2, 0.25) is 0 Å². The Morgan fingerprint density at radius 1 is 0.479 bits per heavy atom. The highest BCUT2D eigenvalue weighted by atomic mass is 16.7. The highest BCUT2D eigenvalue weighted by Gasteiger charge is 2.44. The van der Waals surface area contributed by atoms with Crippen LogP contribution in [0.1, 0.15) is 232 Å². The largest absolute Gasteiger partial charge is 0.394 e. The molecule has 73 heavy (non-hydrogen) atoms. The molecule has 1 amide bonds. The van der Waals surface area contributed by atoms with Crippen LogP contribution in [-0.2, 0) is 14.3 Å². The molecule has 0 aromatic carbocycles. The molecule has 0 bridgehead atoms. The minimum atomic E-state index is -1.58. The minimum absolute atomic E-state index is 0.191. The van der Waals surface area contributed by atoms with Crippen molar-refractivity contribution in [2.75, 3.05) is 13.2 Å². The molecule has 0 saturated carbocycles. The molecule has 1 heterocycles. The van der Waals surface area contributed by atoms with Crippen molar-refractivity contribution in [3.8, 4) is 0 Å². The second-order valence-corrected chi connectivity index (χ2v) is 20.0. The number of nitrogens with one attached hydrogen (secondary N) is 1. The molecule has 9 nitrogen and oxygen atoms in total. The van der Waals surface area contributed by atoms with E-state index in [0.29, 0.717) is 6.42 Å². The van der Waals surface area contributed by atoms with Gasteiger partial charge >= 0.3 is 0 Å². The van der Waals surface area contributed by atoms with Gasteiger partial charge in [-0.2, -0.15) is 0 Å². The number of aliphatic hydroxyl groups excluding tert-OH is 5. The molecular weight excluding hydrogens is 911 g/mol. The lowest BCUT2D eigenvalue weighted by atomic mass is 9.99. The Morgan fingerprint density at radius 3 is 1.32 bits per heavy atom. The molecule has 9 heteroatoms. The Balaban J connectivity index is 2.13. The Bertz CT molecular complexity index is 1510. The van der Waals surface area contributed by atoms with E-state index in [-0.39, 0.29) is 12.5 Å². The van der Waals surface area contributed by atoms with E-state index in [2.05, 4.69) is 116 Å². The van der Waals surface area contributed by atoms with Gasteiger partial charge < -0.3 is 40.3 Å². The van der Waals surface area contributed by atoms with Gasteiger partial charge in [0.2, 0.25) is 5.91 Å². The van der Waals surface area contributed by atoms with Gasteiger partial charge in [0.1, 0.15) is 24.4 Å². The van der Waals surface area contributed by atoms with Gasteiger partial charge in [-0.3, -0.25) is 4.79 Å². The highest BCUT2D eigenvalue weighted by Crippen LogP contribution is 2.23. The van der Waals surface area contributed by atoms with E-state index < -0.39 is 49.5 Å². The SMILES string of the molecule is CC/C=C\C/C=C\C/C=C\C/C=C\C/C=C\C/C=C\C/C=C\CCCCCCCCCCCCCCCCCC(=O)NC(COC1OC(CO)C(O)C(O)C1O)C(O)/C=C/CC/C=C/CCCCCCCCC. The van der Waals surface area contributed by atoms with Gasteiger partial charge in [0.25, 0.3) is 0 Å². The van der Waals surface area contributed by atoms with E-state index in [1.807, 2.05) is 6.08 Å². The lowest BCUT2D eigenvalue weighted by Crippen LogP contribution is -2.60. The maximum atomic E-state index is 13.0. The summed E-state index contributed by atoms with van der Waals surface area (Å²) in [6.07, 6.45) is 70.3. The first-order valence-corrected chi connectivity index (χ1v) is 29.6. The fourth-order valence-corrected chi connectivity index (χ4v) is 8.68. The van der Waals surface area contributed by atoms with E-state index >= 15 is 0 Å². The van der Waals surface area contributed by atoms with Crippen LogP contribution >= 0.6 is 0 Å². The number of hydrogen-bond donors (Lipinski definition) is 6. The van der Waals surface area contributed by atoms with Crippen molar-refractivity contribution >= 4 is 5.91 Å². The third kappa shape index (κ3) is 41.7. The lowest BCUT2D eigenvalue weighted by Gasteiger charge is -2.40. The average molecular weight is 1020 g/mol. The van der Waals surface area contributed by atoms with Crippen LogP contribution in [0.5, 0.6) is 0 Å². The van der Waals surface area contributed by atoms with E-state index in [4.69, 9.17) is 9.47 Å². The van der Waals surface area contributed by atoms with Crippen LogP contribution in [0, 0.1) is 0 Å². The smallest absolute Gasteiger partial charge is 0.220 e. The summed E-state index contributed by atoms with van der Waals surface area (Å²) in [5, 5.41) is 54.4. The van der Waals surface area contributed by atoms with Crippen molar-refractivity contribution in [1.82, 2.24) is 5.32 Å². The molecular formula is C64H109NO8. The molecule has 7 unspecified atom stereocenters. The Labute approximate surface area is 446 Å². The maximum absolute atomic E-state index is 13.0. The molecule has 7 atom stereocenters. The standard InChI is InChI=1S/C64H109NO8/c1-3-5-7-9-11-13-15-17-18-19-20-21-22-23-24-25-26-27-28-29-30-31-32-33-34-35-36-37-38-39-40-42-44-46-48-50-52-54-60(68)65-57(56-72-64-63(71)62(70)61(69)59(55-66)73-64)58(67)53-51-49-47-45-43-41-16-14-12-10-8-6-4-2/h5,7,11,13,17-18,20-21,23-24,26-27,29-30,43,45,51,53,57-59,61-64,66-67,69-71H,3-4,6,8-10,12,14-16,19,22,25,28,31-42,44,46-50,52,54-56H2,1-2H3,(H,65,68)/b7-5-,13-11-,18-17-,21-20-,24-23-,27-26-,30-29-,45-43+,53-51+. The topological polar surface area (TPSA) is 149 Å². The summed E-state index contributed by atoms with van der Waals surface area (Å²) in [6, 6.07) is -0.826. The summed E-state index contributed by atoms with van der Waals surface area (Å²) in [7, 11) is 0. The van der Waals surface area contributed by atoms with Gasteiger partial charge in [-0.25, -0.2) is 0 Å². The molecule has 0 aromatic rings. The van der Waals surface area contributed by atoms with E-state index in [1.54, 1.807) is 6.08 Å². The molecule has 0 spiro atoms. The molecule has 0 aromatic heterocycles. The van der Waals surface area contributed by atoms with Crippen molar-refractivity contribution in [2.24, 2.45) is 0 Å². The third-order valence-corrected chi connectivity index (χ3v) is 13.3. The maximum Gasteiger partial charge on any atom is 0.220 e. The number of carbonyl (C=O) groups excluding carboxylic acids is 1. The Hall–Kier alpha value is -3.15. The highest BCUT2D eigenvalue weighted by molar-refractivity contribution is 5.76. The van der Waals surface area contributed by atoms with Crippen molar-refractivity contribution < 1.29 is 39.8 Å². The number of allylic oxidation sites excluding steroid dienone is 17. The van der Waals surface area contributed by atoms with Crippen molar-refractivity contribution in [3.63, 3.8) is 0 Å². The normalized spacial score (nSPS) is 19.9. The molecule has 0 aliphatic carbocycles. The van der Waals surface area contributed by atoms with Crippen LogP contribution in [0.15, 0.2) is 109 Å². The van der Waals surface area contributed by atoms with Crippen LogP contribution in [0.3, 0.4) is 0 Å². The number of carbonyl (C=O) groups is 1. The number of aliphatic hydroxyl groups is 5. The van der Waals surface area contributed by atoms with Gasteiger partial charge in [-0.15, -0.1) is 0 Å². The summed E-state index contributed by atoms with van der Waals surface area (Å²) >= 11 is 0. The lowest BCUT2D eigenvalue weighted by molar-refractivity contribution is -0.302. The summed E-state index contributed by atoms with van der Waals surface area (Å²) in [6.45, 7) is 3.63. The quantitative estimate of drug-likeness (QED) is 0.0261. The average Bonchev–Trinajstić information content (AvgIpc) is 3.39. The summed E-state index contributed by atoms with van der Waals surface area (Å²) in [5.41, 5.74) is 0. The first-order valence-electron chi connectivity index (χ1n) is 29.6. The van der Waals surface area contributed by atoms with Gasteiger partial charge in [-0.1, -0.05) is 245 Å². The first-order chi connectivity index (χ1) is 35.8. The van der Waals surface area contributed by atoms with E-state index in [0.717, 1.165) is 83.5 Å². The van der Waals surface area contributed by atoms with Gasteiger partial charge in [0, 0.05) is 6.42 Å². The van der Waals surface area contributed by atoms with Crippen LogP contribution in [0.4, 0.5) is 0 Å². The second kappa shape index (κ2) is 52.3. The van der Waals surface area contributed by atoms with Gasteiger partial charge in [-0.05, 0) is 89.9 Å². The van der Waals surface area contributed by atoms with Crippen LogP contribution in [-0.4, -0.2) is 87.5 Å². The first kappa shape index (κ1) is 67.9. The van der Waals surface area contributed by atoms with E-state index in [9.17, 15) is 30.3 Å². The fourth-order valence-electron chi connectivity index (χ4n) is 8.68. The summed E-state index contributed by atoms with van der Waals surface area (Å²) in [4.78, 5) is 13.0. The molecule has 1 saturated heterocycles. The monoisotopic (exact) mass is 1020 g/mol. The predicted octanol–water partition coefficient (Wildman–Crippen LogP) is 15.0. The summed E-state index contributed by atoms with van der Waals surface area (Å²) in [5.74, 6) is -0.191. The number of unbranched alkanes of at least 4 members (excludes halogenated alkanes) is 23. The molecule has 1 aliphatic rings. The van der Waals surface area contributed by atoms with Gasteiger partial charge in [0.05, 0.1) is 25.4 Å². The van der Waals surface area contributed by atoms with Crippen LogP contribution < -0.4 is 5.32 Å². The molecule has 1 fully saturated rings.